The molecule has 1 aliphatic heterocycles. The zero-order chi connectivity index (χ0) is 20.0. The highest BCUT2D eigenvalue weighted by Gasteiger charge is 2.23. The molecule has 2 aromatic heterocycles. The first-order chi connectivity index (χ1) is 14.1. The predicted octanol–water partition coefficient (Wildman–Crippen LogP) is 3.31. The van der Waals surface area contributed by atoms with Gasteiger partial charge in [0, 0.05) is 19.2 Å². The molecule has 146 valence electrons. The molecule has 0 saturated heterocycles. The summed E-state index contributed by atoms with van der Waals surface area (Å²) in [5.74, 6) is 1.69. The van der Waals surface area contributed by atoms with E-state index in [1.807, 2.05) is 31.0 Å². The number of hydrogen-bond donors (Lipinski definition) is 1. The van der Waals surface area contributed by atoms with E-state index in [0.717, 1.165) is 39.3 Å². The van der Waals surface area contributed by atoms with Gasteiger partial charge in [-0.3, -0.25) is 4.79 Å². The summed E-state index contributed by atoms with van der Waals surface area (Å²) in [6, 6.07) is 12.4. The van der Waals surface area contributed by atoms with Gasteiger partial charge in [0.05, 0.1) is 30.1 Å². The topological polar surface area (TPSA) is 76.0 Å². The van der Waals surface area contributed by atoms with Crippen LogP contribution in [0, 0.1) is 6.92 Å². The van der Waals surface area contributed by atoms with Gasteiger partial charge in [-0.25, -0.2) is 9.97 Å². The highest BCUT2D eigenvalue weighted by molar-refractivity contribution is 5.92. The lowest BCUT2D eigenvalue weighted by Crippen LogP contribution is -2.33. The molecular weight excluding hydrogens is 366 g/mol. The number of nitrogens with zero attached hydrogens (tertiary/aromatic N) is 4. The summed E-state index contributed by atoms with van der Waals surface area (Å²) in [5.41, 5.74) is 5.71. The van der Waals surface area contributed by atoms with E-state index >= 15 is 0 Å². The lowest BCUT2D eigenvalue weighted by molar-refractivity contribution is 0.0723. The van der Waals surface area contributed by atoms with E-state index in [1.165, 1.54) is 0 Å². The minimum Gasteiger partial charge on any atom is -0.491 e. The van der Waals surface area contributed by atoms with Gasteiger partial charge >= 0.3 is 0 Å². The van der Waals surface area contributed by atoms with Crippen molar-refractivity contribution in [3.05, 3.63) is 66.0 Å². The molecule has 1 aliphatic rings. The number of fused-ring (bicyclic) bond motifs is 2. The van der Waals surface area contributed by atoms with Crippen LogP contribution in [0.4, 0.5) is 0 Å². The Kier molecular flexibility index (Phi) is 4.08. The van der Waals surface area contributed by atoms with Crippen molar-refractivity contribution in [2.75, 3.05) is 13.2 Å². The Bertz CT molecular complexity index is 1220. The van der Waals surface area contributed by atoms with Gasteiger partial charge in [0.25, 0.3) is 5.91 Å². The standard InChI is InChI=1S/C22H21N5O2/c1-14-24-18-5-3-16(10-19(18)25-14)15-4-6-21-17(9-15)12-27(7-8-29-21)22(28)20-11-23-13-26(20)2/h3-6,9-11,13H,7-8,12H2,1-2H3,(H,24,25). The zero-order valence-electron chi connectivity index (χ0n) is 16.3. The molecule has 0 atom stereocenters. The predicted molar refractivity (Wildman–Crippen MR) is 110 cm³/mol. The number of H-pyrrole nitrogens is 1. The molecule has 29 heavy (non-hydrogen) atoms. The van der Waals surface area contributed by atoms with Gasteiger partial charge in [0.2, 0.25) is 0 Å². The van der Waals surface area contributed by atoms with Gasteiger partial charge in [-0.05, 0) is 42.3 Å². The first kappa shape index (κ1) is 17.5. The number of benzene rings is 2. The molecule has 3 heterocycles. The molecule has 5 rings (SSSR count). The molecule has 2 aromatic carbocycles. The average molecular weight is 387 g/mol. The van der Waals surface area contributed by atoms with Gasteiger partial charge in [-0.1, -0.05) is 12.1 Å². The van der Waals surface area contributed by atoms with Gasteiger partial charge < -0.3 is 19.2 Å². The summed E-state index contributed by atoms with van der Waals surface area (Å²) in [7, 11) is 1.83. The van der Waals surface area contributed by atoms with Gasteiger partial charge in [0.1, 0.15) is 23.9 Å². The number of aromatic nitrogens is 4. The lowest BCUT2D eigenvalue weighted by Gasteiger charge is -2.20. The number of carbonyl (C=O) groups excluding carboxylic acids is 1. The summed E-state index contributed by atoms with van der Waals surface area (Å²) in [4.78, 5) is 26.6. The summed E-state index contributed by atoms with van der Waals surface area (Å²) >= 11 is 0. The molecule has 0 aliphatic carbocycles. The lowest BCUT2D eigenvalue weighted by atomic mass is 10.0. The van der Waals surface area contributed by atoms with Crippen LogP contribution in [0.2, 0.25) is 0 Å². The van der Waals surface area contributed by atoms with Crippen molar-refractivity contribution in [1.29, 1.82) is 0 Å². The van der Waals surface area contributed by atoms with Crippen molar-refractivity contribution in [1.82, 2.24) is 24.4 Å². The molecule has 0 saturated carbocycles. The Morgan fingerprint density at radius 2 is 2.00 bits per heavy atom. The van der Waals surface area contributed by atoms with Crippen molar-refractivity contribution < 1.29 is 9.53 Å². The third-order valence-corrected chi connectivity index (χ3v) is 5.30. The number of nitrogens with one attached hydrogen (secondary N) is 1. The smallest absolute Gasteiger partial charge is 0.272 e. The molecular formula is C22H21N5O2. The monoisotopic (exact) mass is 387 g/mol. The van der Waals surface area contributed by atoms with Crippen molar-refractivity contribution >= 4 is 16.9 Å². The fourth-order valence-electron chi connectivity index (χ4n) is 3.79. The van der Waals surface area contributed by atoms with Crippen molar-refractivity contribution in [3.8, 4) is 16.9 Å². The Balaban J connectivity index is 1.48. The number of carbonyl (C=O) groups is 1. The van der Waals surface area contributed by atoms with E-state index in [0.29, 0.717) is 25.4 Å². The molecule has 1 N–H and O–H groups in total. The third kappa shape index (κ3) is 3.14. The van der Waals surface area contributed by atoms with Crippen LogP contribution >= 0.6 is 0 Å². The molecule has 0 fully saturated rings. The minimum atomic E-state index is -0.0405. The number of hydrogen-bond acceptors (Lipinski definition) is 4. The maximum Gasteiger partial charge on any atom is 0.272 e. The summed E-state index contributed by atoms with van der Waals surface area (Å²) in [6.07, 6.45) is 3.24. The molecule has 7 heteroatoms. The number of amides is 1. The number of ether oxygens (including phenoxy) is 1. The van der Waals surface area contributed by atoms with Crippen molar-refractivity contribution in [3.63, 3.8) is 0 Å². The van der Waals surface area contributed by atoms with Gasteiger partial charge in [0.15, 0.2) is 0 Å². The molecule has 0 bridgehead atoms. The van der Waals surface area contributed by atoms with Crippen LogP contribution in [-0.4, -0.2) is 43.5 Å². The quantitative estimate of drug-likeness (QED) is 0.573. The normalized spacial score (nSPS) is 13.8. The van der Waals surface area contributed by atoms with Crippen LogP contribution in [0.15, 0.2) is 48.9 Å². The molecule has 0 unspecified atom stereocenters. The maximum atomic E-state index is 12.9. The summed E-state index contributed by atoms with van der Waals surface area (Å²) < 4.78 is 7.65. The first-order valence-electron chi connectivity index (χ1n) is 9.56. The highest BCUT2D eigenvalue weighted by atomic mass is 16.5. The van der Waals surface area contributed by atoms with E-state index in [9.17, 15) is 4.79 Å². The Morgan fingerprint density at radius 3 is 2.83 bits per heavy atom. The van der Waals surface area contributed by atoms with E-state index in [2.05, 4.69) is 39.2 Å². The Labute approximate surface area is 168 Å². The molecule has 7 nitrogen and oxygen atoms in total. The van der Waals surface area contributed by atoms with E-state index in [-0.39, 0.29) is 5.91 Å². The first-order valence-corrected chi connectivity index (χ1v) is 9.56. The second kappa shape index (κ2) is 6.77. The minimum absolute atomic E-state index is 0.0405. The second-order valence-corrected chi connectivity index (χ2v) is 7.34. The van der Waals surface area contributed by atoms with E-state index in [1.54, 1.807) is 17.1 Å². The fraction of sp³-hybridized carbons (Fsp3) is 0.227. The van der Waals surface area contributed by atoms with Crippen molar-refractivity contribution in [2.24, 2.45) is 7.05 Å². The van der Waals surface area contributed by atoms with E-state index in [4.69, 9.17) is 4.74 Å². The number of aryl methyl sites for hydroxylation is 2. The van der Waals surface area contributed by atoms with Crippen LogP contribution in [0.25, 0.3) is 22.2 Å². The third-order valence-electron chi connectivity index (χ3n) is 5.30. The highest BCUT2D eigenvalue weighted by Crippen LogP contribution is 2.31. The van der Waals surface area contributed by atoms with Crippen LogP contribution in [0.5, 0.6) is 5.75 Å². The Morgan fingerprint density at radius 1 is 1.17 bits per heavy atom. The summed E-state index contributed by atoms with van der Waals surface area (Å²) in [6.45, 7) is 3.45. The second-order valence-electron chi connectivity index (χ2n) is 7.34. The largest absolute Gasteiger partial charge is 0.491 e. The molecule has 0 radical (unpaired) electrons. The molecule has 0 spiro atoms. The number of aromatic amines is 1. The average Bonchev–Trinajstić information content (AvgIpc) is 3.23. The van der Waals surface area contributed by atoms with Crippen LogP contribution in [0.3, 0.4) is 0 Å². The molecule has 1 amide bonds. The van der Waals surface area contributed by atoms with E-state index < -0.39 is 0 Å². The van der Waals surface area contributed by atoms with Gasteiger partial charge in [-0.2, -0.15) is 0 Å². The van der Waals surface area contributed by atoms with Crippen LogP contribution < -0.4 is 4.74 Å². The maximum absolute atomic E-state index is 12.9. The van der Waals surface area contributed by atoms with Gasteiger partial charge in [-0.15, -0.1) is 0 Å². The zero-order valence-corrected chi connectivity index (χ0v) is 16.3. The molecule has 4 aromatic rings. The SMILES string of the molecule is Cc1nc2ccc(-c3ccc4c(c3)CN(C(=O)c3cncn3C)CCO4)cc2[nH]1. The number of rotatable bonds is 2. The fourth-order valence-corrected chi connectivity index (χ4v) is 3.79. The number of imidazole rings is 2. The van der Waals surface area contributed by atoms with Crippen LogP contribution in [0.1, 0.15) is 21.9 Å². The summed E-state index contributed by atoms with van der Waals surface area (Å²) in [5, 5.41) is 0. The van der Waals surface area contributed by atoms with Crippen LogP contribution in [-0.2, 0) is 13.6 Å². The Hall–Kier alpha value is -3.61. The van der Waals surface area contributed by atoms with Crippen molar-refractivity contribution in [2.45, 2.75) is 13.5 Å².